The Kier molecular flexibility index (Phi) is 4.16. The first-order chi connectivity index (χ1) is 9.91. The van der Waals surface area contributed by atoms with E-state index in [1.54, 1.807) is 19.2 Å². The van der Waals surface area contributed by atoms with E-state index in [1.807, 2.05) is 11.8 Å². The minimum Gasteiger partial charge on any atom is -0.481 e. The van der Waals surface area contributed by atoms with Crippen molar-refractivity contribution in [1.82, 2.24) is 4.98 Å². The third-order valence-electron chi connectivity index (χ3n) is 4.39. The van der Waals surface area contributed by atoms with Crippen LogP contribution in [-0.4, -0.2) is 35.1 Å². The van der Waals surface area contributed by atoms with Crippen LogP contribution in [0.2, 0.25) is 0 Å². The number of amides is 1. The molecule has 2 rings (SSSR count). The normalized spacial score (nSPS) is 22.1. The Morgan fingerprint density at radius 2 is 2.24 bits per heavy atom. The van der Waals surface area contributed by atoms with Crippen molar-refractivity contribution in [2.45, 2.75) is 33.1 Å². The quantitative estimate of drug-likeness (QED) is 0.877. The maximum Gasteiger partial charge on any atom is 0.311 e. The Labute approximate surface area is 124 Å². The number of hydrogen-bond acceptors (Lipinski definition) is 4. The van der Waals surface area contributed by atoms with Gasteiger partial charge in [-0.05, 0) is 37.8 Å². The van der Waals surface area contributed by atoms with Gasteiger partial charge in [0.2, 0.25) is 0 Å². The van der Waals surface area contributed by atoms with Crippen LogP contribution < -0.4 is 10.6 Å². The number of aliphatic carboxylic acids is 1. The zero-order valence-electron chi connectivity index (χ0n) is 12.4. The van der Waals surface area contributed by atoms with E-state index in [4.69, 9.17) is 5.73 Å². The van der Waals surface area contributed by atoms with Crippen LogP contribution in [0.4, 0.5) is 5.82 Å². The minimum absolute atomic E-state index is 0.357. The van der Waals surface area contributed by atoms with E-state index in [-0.39, 0.29) is 0 Å². The summed E-state index contributed by atoms with van der Waals surface area (Å²) in [7, 11) is 0. The second-order valence-electron chi connectivity index (χ2n) is 5.65. The summed E-state index contributed by atoms with van der Waals surface area (Å²) in [4.78, 5) is 29.5. The van der Waals surface area contributed by atoms with Crippen molar-refractivity contribution in [3.05, 3.63) is 23.4 Å². The maximum absolute atomic E-state index is 11.7. The monoisotopic (exact) mass is 291 g/mol. The molecule has 1 amide bonds. The summed E-state index contributed by atoms with van der Waals surface area (Å²) in [6.07, 6.45) is 3.58. The predicted octanol–water partition coefficient (Wildman–Crippen LogP) is 1.57. The first-order valence-electron chi connectivity index (χ1n) is 7.15. The summed E-state index contributed by atoms with van der Waals surface area (Å²) in [5, 5.41) is 9.55. The van der Waals surface area contributed by atoms with Gasteiger partial charge in [0.05, 0.1) is 11.0 Å². The van der Waals surface area contributed by atoms with Gasteiger partial charge in [0.1, 0.15) is 5.82 Å². The molecular weight excluding hydrogens is 270 g/mol. The summed E-state index contributed by atoms with van der Waals surface area (Å²) in [6, 6.07) is 1.73. The summed E-state index contributed by atoms with van der Waals surface area (Å²) in [6.45, 7) is 4.73. The van der Waals surface area contributed by atoms with Gasteiger partial charge in [-0.2, -0.15) is 0 Å². The number of carbonyl (C=O) groups excluding carboxylic acids is 1. The number of pyridine rings is 1. The van der Waals surface area contributed by atoms with Gasteiger partial charge >= 0.3 is 5.97 Å². The number of piperidine rings is 1. The molecule has 0 aliphatic carbocycles. The number of carboxylic acids is 1. The highest BCUT2D eigenvalue weighted by Crippen LogP contribution is 2.36. The Balaban J connectivity index is 2.41. The lowest BCUT2D eigenvalue weighted by Crippen LogP contribution is -2.48. The van der Waals surface area contributed by atoms with Crippen LogP contribution in [0.15, 0.2) is 12.3 Å². The Hall–Kier alpha value is -2.11. The number of carbonyl (C=O) groups is 2. The van der Waals surface area contributed by atoms with Crippen molar-refractivity contribution in [3.63, 3.8) is 0 Å². The molecule has 0 aromatic carbocycles. The Morgan fingerprint density at radius 1 is 1.52 bits per heavy atom. The van der Waals surface area contributed by atoms with Crippen molar-refractivity contribution in [1.29, 1.82) is 0 Å². The second kappa shape index (κ2) is 5.71. The van der Waals surface area contributed by atoms with E-state index in [1.165, 1.54) is 0 Å². The number of aryl methyl sites for hydroxylation is 1. The number of primary amides is 1. The highest BCUT2D eigenvalue weighted by molar-refractivity contribution is 5.99. The van der Waals surface area contributed by atoms with Gasteiger partial charge in [0, 0.05) is 19.3 Å². The van der Waals surface area contributed by atoms with Gasteiger partial charge in [-0.15, -0.1) is 0 Å². The largest absolute Gasteiger partial charge is 0.481 e. The molecule has 1 aliphatic rings. The minimum atomic E-state index is -0.789. The Morgan fingerprint density at radius 3 is 2.81 bits per heavy atom. The zero-order chi connectivity index (χ0) is 15.6. The van der Waals surface area contributed by atoms with E-state index < -0.39 is 17.3 Å². The van der Waals surface area contributed by atoms with E-state index in [2.05, 4.69) is 4.98 Å². The molecule has 0 bridgehead atoms. The zero-order valence-corrected chi connectivity index (χ0v) is 12.4. The second-order valence-corrected chi connectivity index (χ2v) is 5.65. The fourth-order valence-corrected chi connectivity index (χ4v) is 3.02. The average molecular weight is 291 g/mol. The molecule has 1 aromatic rings. The van der Waals surface area contributed by atoms with Crippen LogP contribution in [0.5, 0.6) is 0 Å². The topological polar surface area (TPSA) is 96.5 Å². The molecule has 1 unspecified atom stereocenters. The third-order valence-corrected chi connectivity index (χ3v) is 4.39. The molecule has 21 heavy (non-hydrogen) atoms. The van der Waals surface area contributed by atoms with Gasteiger partial charge in [-0.3, -0.25) is 9.59 Å². The number of nitrogens with two attached hydrogens (primary N) is 1. The molecule has 0 radical (unpaired) electrons. The first kappa shape index (κ1) is 15.3. The number of rotatable bonds is 4. The smallest absolute Gasteiger partial charge is 0.311 e. The van der Waals surface area contributed by atoms with Gasteiger partial charge in [0.25, 0.3) is 5.91 Å². The molecular formula is C15H21N3O3. The SMILES string of the molecule is CCC1(C(=O)O)CCCN(c2nccc(C)c2C(N)=O)C1. The Bertz CT molecular complexity index is 573. The lowest BCUT2D eigenvalue weighted by Gasteiger charge is -2.40. The lowest BCUT2D eigenvalue weighted by atomic mass is 9.77. The molecule has 1 aliphatic heterocycles. The van der Waals surface area contributed by atoms with Crippen LogP contribution in [0.25, 0.3) is 0 Å². The van der Waals surface area contributed by atoms with Crippen LogP contribution in [-0.2, 0) is 4.79 Å². The first-order valence-corrected chi connectivity index (χ1v) is 7.15. The van der Waals surface area contributed by atoms with Crippen LogP contribution in [0.1, 0.15) is 42.1 Å². The molecule has 6 nitrogen and oxygen atoms in total. The molecule has 6 heteroatoms. The third kappa shape index (κ3) is 2.70. The molecule has 1 saturated heterocycles. The molecule has 0 saturated carbocycles. The van der Waals surface area contributed by atoms with Crippen molar-refractivity contribution in [2.75, 3.05) is 18.0 Å². The van der Waals surface area contributed by atoms with Crippen molar-refractivity contribution in [2.24, 2.45) is 11.1 Å². The average Bonchev–Trinajstić information content (AvgIpc) is 2.46. The number of aromatic nitrogens is 1. The number of anilines is 1. The molecule has 1 aromatic heterocycles. The standard InChI is InChI=1S/C15H21N3O3/c1-3-15(14(20)21)6-4-8-18(9-15)13-11(12(16)19)10(2)5-7-17-13/h5,7H,3-4,6,8-9H2,1-2H3,(H2,16,19)(H,20,21). The van der Waals surface area contributed by atoms with E-state index in [0.29, 0.717) is 37.3 Å². The fraction of sp³-hybridized carbons (Fsp3) is 0.533. The highest BCUT2D eigenvalue weighted by atomic mass is 16.4. The molecule has 1 fully saturated rings. The maximum atomic E-state index is 11.7. The summed E-state index contributed by atoms with van der Waals surface area (Å²) in [5.41, 5.74) is 5.82. The van der Waals surface area contributed by atoms with Gasteiger partial charge in [0.15, 0.2) is 0 Å². The van der Waals surface area contributed by atoms with Crippen molar-refractivity contribution in [3.8, 4) is 0 Å². The van der Waals surface area contributed by atoms with Crippen LogP contribution in [0, 0.1) is 12.3 Å². The van der Waals surface area contributed by atoms with Gasteiger partial charge < -0.3 is 15.7 Å². The number of carboxylic acid groups (broad SMARTS) is 1. The molecule has 1 atom stereocenters. The van der Waals surface area contributed by atoms with Gasteiger partial charge in [-0.25, -0.2) is 4.98 Å². The number of hydrogen-bond donors (Lipinski definition) is 2. The summed E-state index contributed by atoms with van der Waals surface area (Å²) in [5.74, 6) is -0.817. The molecule has 0 spiro atoms. The molecule has 2 heterocycles. The highest BCUT2D eigenvalue weighted by Gasteiger charge is 2.41. The van der Waals surface area contributed by atoms with Gasteiger partial charge in [-0.1, -0.05) is 6.92 Å². The lowest BCUT2D eigenvalue weighted by molar-refractivity contribution is -0.149. The van der Waals surface area contributed by atoms with Crippen molar-refractivity contribution < 1.29 is 14.7 Å². The van der Waals surface area contributed by atoms with Crippen LogP contribution >= 0.6 is 0 Å². The van der Waals surface area contributed by atoms with Crippen molar-refractivity contribution >= 4 is 17.7 Å². The summed E-state index contributed by atoms with van der Waals surface area (Å²) >= 11 is 0. The van der Waals surface area contributed by atoms with E-state index >= 15 is 0 Å². The number of nitrogens with zero attached hydrogens (tertiary/aromatic N) is 2. The molecule has 114 valence electrons. The fourth-order valence-electron chi connectivity index (χ4n) is 3.02. The summed E-state index contributed by atoms with van der Waals surface area (Å²) < 4.78 is 0. The predicted molar refractivity (Wildman–Crippen MR) is 79.3 cm³/mol. The van der Waals surface area contributed by atoms with E-state index in [9.17, 15) is 14.7 Å². The van der Waals surface area contributed by atoms with Crippen LogP contribution in [0.3, 0.4) is 0 Å². The molecule has 3 N–H and O–H groups in total. The van der Waals surface area contributed by atoms with E-state index in [0.717, 1.165) is 12.0 Å².